The summed E-state index contributed by atoms with van der Waals surface area (Å²) in [7, 11) is 0. The Balaban J connectivity index is 1.95. The SMILES string of the molecule is C[C@@H](NC(=O)CN1CCC[C@H]1C(=O)O)c1ccc(Cl)cc1Cl. The number of carbonyl (C=O) groups excluding carboxylic acids is 1. The first-order chi connectivity index (χ1) is 10.4. The summed E-state index contributed by atoms with van der Waals surface area (Å²) in [4.78, 5) is 24.9. The van der Waals surface area contributed by atoms with Crippen molar-refractivity contribution < 1.29 is 14.7 Å². The average Bonchev–Trinajstić information content (AvgIpc) is 2.86. The molecule has 2 N–H and O–H groups in total. The van der Waals surface area contributed by atoms with Crippen LogP contribution in [0.25, 0.3) is 0 Å². The van der Waals surface area contributed by atoms with Gasteiger partial charge in [0, 0.05) is 10.0 Å². The molecule has 0 unspecified atom stereocenters. The normalized spacial score (nSPS) is 19.9. The number of nitrogens with one attached hydrogen (secondary N) is 1. The molecule has 0 aliphatic carbocycles. The Morgan fingerprint density at radius 3 is 2.82 bits per heavy atom. The van der Waals surface area contributed by atoms with Gasteiger partial charge in [0.1, 0.15) is 6.04 Å². The molecule has 2 atom stereocenters. The third-order valence-electron chi connectivity index (χ3n) is 3.80. The highest BCUT2D eigenvalue weighted by Crippen LogP contribution is 2.26. The summed E-state index contributed by atoms with van der Waals surface area (Å²) in [6, 6.07) is 4.27. The van der Waals surface area contributed by atoms with Crippen LogP contribution in [0.15, 0.2) is 18.2 Å². The number of halogens is 2. The highest BCUT2D eigenvalue weighted by Gasteiger charge is 2.31. The zero-order chi connectivity index (χ0) is 16.3. The Labute approximate surface area is 139 Å². The summed E-state index contributed by atoms with van der Waals surface area (Å²) in [5, 5.41) is 13.0. The van der Waals surface area contributed by atoms with Crippen molar-refractivity contribution in [3.8, 4) is 0 Å². The molecule has 5 nitrogen and oxygen atoms in total. The summed E-state index contributed by atoms with van der Waals surface area (Å²) in [5.74, 6) is -1.09. The molecular weight excluding hydrogens is 327 g/mol. The molecule has 22 heavy (non-hydrogen) atoms. The van der Waals surface area contributed by atoms with E-state index in [-0.39, 0.29) is 18.5 Å². The van der Waals surface area contributed by atoms with Crippen molar-refractivity contribution in [2.75, 3.05) is 13.1 Å². The van der Waals surface area contributed by atoms with Crippen LogP contribution in [-0.4, -0.2) is 41.0 Å². The predicted molar refractivity (Wildman–Crippen MR) is 85.3 cm³/mol. The Morgan fingerprint density at radius 2 is 2.18 bits per heavy atom. The molecule has 0 radical (unpaired) electrons. The Bertz CT molecular complexity index is 580. The van der Waals surface area contributed by atoms with E-state index in [0.29, 0.717) is 23.0 Å². The average molecular weight is 345 g/mol. The van der Waals surface area contributed by atoms with Crippen LogP contribution in [0.1, 0.15) is 31.4 Å². The second-order valence-corrected chi connectivity index (χ2v) is 6.27. The van der Waals surface area contributed by atoms with Gasteiger partial charge in [-0.3, -0.25) is 14.5 Å². The van der Waals surface area contributed by atoms with E-state index in [2.05, 4.69) is 5.32 Å². The van der Waals surface area contributed by atoms with Gasteiger partial charge >= 0.3 is 5.97 Å². The number of hydrogen-bond acceptors (Lipinski definition) is 3. The summed E-state index contributed by atoms with van der Waals surface area (Å²) in [6.07, 6.45) is 1.38. The van der Waals surface area contributed by atoms with Crippen LogP contribution in [0.2, 0.25) is 10.0 Å². The molecule has 2 rings (SSSR count). The number of carboxylic acid groups (broad SMARTS) is 1. The quantitative estimate of drug-likeness (QED) is 0.861. The maximum absolute atomic E-state index is 12.1. The second kappa shape index (κ2) is 7.31. The van der Waals surface area contributed by atoms with Gasteiger partial charge < -0.3 is 10.4 Å². The van der Waals surface area contributed by atoms with Crippen molar-refractivity contribution >= 4 is 35.1 Å². The number of benzene rings is 1. The first-order valence-corrected chi connectivity index (χ1v) is 7.85. The van der Waals surface area contributed by atoms with Crippen molar-refractivity contribution in [2.45, 2.75) is 31.8 Å². The molecule has 1 heterocycles. The maximum Gasteiger partial charge on any atom is 0.320 e. The van der Waals surface area contributed by atoms with Crippen molar-refractivity contribution in [3.05, 3.63) is 33.8 Å². The number of rotatable bonds is 5. The number of carboxylic acids is 1. The lowest BCUT2D eigenvalue weighted by Gasteiger charge is -2.22. The molecule has 120 valence electrons. The minimum atomic E-state index is -0.876. The lowest BCUT2D eigenvalue weighted by molar-refractivity contribution is -0.142. The Hall–Kier alpha value is -1.30. The maximum atomic E-state index is 12.1. The van der Waals surface area contributed by atoms with Crippen LogP contribution >= 0.6 is 23.2 Å². The van der Waals surface area contributed by atoms with E-state index < -0.39 is 12.0 Å². The monoisotopic (exact) mass is 344 g/mol. The van der Waals surface area contributed by atoms with Crippen LogP contribution < -0.4 is 5.32 Å². The fourth-order valence-electron chi connectivity index (χ4n) is 2.70. The van der Waals surface area contributed by atoms with E-state index in [1.54, 1.807) is 23.1 Å². The highest BCUT2D eigenvalue weighted by molar-refractivity contribution is 6.35. The van der Waals surface area contributed by atoms with Crippen molar-refractivity contribution in [1.82, 2.24) is 10.2 Å². The molecule has 1 amide bonds. The molecule has 1 aliphatic heterocycles. The topological polar surface area (TPSA) is 69.6 Å². The van der Waals surface area contributed by atoms with Crippen LogP contribution in [0.3, 0.4) is 0 Å². The summed E-state index contributed by atoms with van der Waals surface area (Å²) >= 11 is 12.0. The lowest BCUT2D eigenvalue weighted by atomic mass is 10.1. The molecule has 1 aromatic carbocycles. The van der Waals surface area contributed by atoms with E-state index in [0.717, 1.165) is 12.0 Å². The number of carbonyl (C=O) groups is 2. The zero-order valence-corrected chi connectivity index (χ0v) is 13.7. The molecule has 1 aliphatic rings. The minimum absolute atomic E-state index is 0.0759. The van der Waals surface area contributed by atoms with Crippen LogP contribution in [0, 0.1) is 0 Å². The van der Waals surface area contributed by atoms with E-state index in [9.17, 15) is 9.59 Å². The first-order valence-electron chi connectivity index (χ1n) is 7.09. The van der Waals surface area contributed by atoms with Crippen LogP contribution in [0.4, 0.5) is 0 Å². The summed E-state index contributed by atoms with van der Waals surface area (Å²) in [6.45, 7) is 2.53. The standard InChI is InChI=1S/C15H18Cl2N2O3/c1-9(11-5-4-10(16)7-12(11)17)18-14(20)8-19-6-2-3-13(19)15(21)22/h4-5,7,9,13H,2-3,6,8H2,1H3,(H,18,20)(H,21,22)/t9-,13+/m1/s1. The van der Waals surface area contributed by atoms with Gasteiger partial charge in [0.15, 0.2) is 0 Å². The number of amides is 1. The van der Waals surface area contributed by atoms with Gasteiger partial charge in [-0.05, 0) is 44.0 Å². The molecule has 1 aromatic rings. The number of likely N-dealkylation sites (tertiary alicyclic amines) is 1. The van der Waals surface area contributed by atoms with Gasteiger partial charge in [-0.25, -0.2) is 0 Å². The van der Waals surface area contributed by atoms with Gasteiger partial charge in [0.2, 0.25) is 5.91 Å². The second-order valence-electron chi connectivity index (χ2n) is 5.42. The fraction of sp³-hybridized carbons (Fsp3) is 0.467. The van der Waals surface area contributed by atoms with Gasteiger partial charge in [-0.1, -0.05) is 29.3 Å². The first kappa shape index (κ1) is 17.1. The molecular formula is C15H18Cl2N2O3. The molecule has 1 saturated heterocycles. The van der Waals surface area contributed by atoms with Crippen molar-refractivity contribution in [1.29, 1.82) is 0 Å². The van der Waals surface area contributed by atoms with Crippen LogP contribution in [0.5, 0.6) is 0 Å². The zero-order valence-electron chi connectivity index (χ0n) is 12.2. The van der Waals surface area contributed by atoms with Gasteiger partial charge in [-0.15, -0.1) is 0 Å². The molecule has 7 heteroatoms. The molecule has 1 fully saturated rings. The summed E-state index contributed by atoms with van der Waals surface area (Å²) < 4.78 is 0. The number of hydrogen-bond donors (Lipinski definition) is 2. The van der Waals surface area contributed by atoms with E-state index >= 15 is 0 Å². The molecule has 0 bridgehead atoms. The fourth-order valence-corrected chi connectivity index (χ4v) is 3.27. The lowest BCUT2D eigenvalue weighted by Crippen LogP contribution is -2.43. The van der Waals surface area contributed by atoms with Crippen molar-refractivity contribution in [2.24, 2.45) is 0 Å². The van der Waals surface area contributed by atoms with Crippen LogP contribution in [-0.2, 0) is 9.59 Å². The third-order valence-corrected chi connectivity index (χ3v) is 4.36. The van der Waals surface area contributed by atoms with Crippen molar-refractivity contribution in [3.63, 3.8) is 0 Å². The summed E-state index contributed by atoms with van der Waals surface area (Å²) in [5.41, 5.74) is 0.774. The third kappa shape index (κ3) is 4.12. The number of aliphatic carboxylic acids is 1. The number of nitrogens with zero attached hydrogens (tertiary/aromatic N) is 1. The van der Waals surface area contributed by atoms with Gasteiger partial charge in [0.25, 0.3) is 0 Å². The van der Waals surface area contributed by atoms with E-state index in [1.807, 2.05) is 6.92 Å². The van der Waals surface area contributed by atoms with Gasteiger partial charge in [0.05, 0.1) is 12.6 Å². The largest absolute Gasteiger partial charge is 0.480 e. The molecule has 0 spiro atoms. The minimum Gasteiger partial charge on any atom is -0.480 e. The smallest absolute Gasteiger partial charge is 0.320 e. The van der Waals surface area contributed by atoms with E-state index in [1.165, 1.54) is 0 Å². The molecule has 0 saturated carbocycles. The Kier molecular flexibility index (Phi) is 5.67. The van der Waals surface area contributed by atoms with E-state index in [4.69, 9.17) is 28.3 Å². The highest BCUT2D eigenvalue weighted by atomic mass is 35.5. The predicted octanol–water partition coefficient (Wildman–Crippen LogP) is 2.72. The van der Waals surface area contributed by atoms with Gasteiger partial charge in [-0.2, -0.15) is 0 Å². The Morgan fingerprint density at radius 1 is 1.45 bits per heavy atom. The molecule has 0 aromatic heterocycles.